The van der Waals surface area contributed by atoms with Gasteiger partial charge in [-0.2, -0.15) is 0 Å². The van der Waals surface area contributed by atoms with Gasteiger partial charge >= 0.3 is 8.80 Å². The van der Waals surface area contributed by atoms with Crippen molar-refractivity contribution in [3.63, 3.8) is 0 Å². The predicted molar refractivity (Wildman–Crippen MR) is 77.2 cm³/mol. The molecule has 6 nitrogen and oxygen atoms in total. The highest BCUT2D eigenvalue weighted by atomic mass is 28.4. The lowest BCUT2D eigenvalue weighted by molar-refractivity contribution is 0.0710. The lowest BCUT2D eigenvalue weighted by atomic mass is 10.5. The van der Waals surface area contributed by atoms with Crippen molar-refractivity contribution >= 4 is 25.3 Å². The van der Waals surface area contributed by atoms with E-state index >= 15 is 0 Å². The van der Waals surface area contributed by atoms with Crippen LogP contribution in [-0.4, -0.2) is 51.7 Å². The molecular formula is C10H26N2O4Si2. The first kappa shape index (κ1) is 20.0. The Morgan fingerprint density at radius 2 is 1.56 bits per heavy atom. The number of hydrogen-bond acceptors (Lipinski definition) is 6. The first-order valence-electron chi connectivity index (χ1n) is 6.27. The minimum Gasteiger partial charge on any atom is -0.374 e. The molecule has 0 amide bonds. The molecule has 0 radical (unpaired) electrons. The predicted octanol–water partition coefficient (Wildman–Crippen LogP) is -0.0138. The van der Waals surface area contributed by atoms with E-state index in [1.54, 1.807) is 0 Å². The second-order valence-corrected chi connectivity index (χ2v) is 5.79. The highest BCUT2D eigenvalue weighted by Crippen LogP contribution is 2.17. The number of carbonyl (C=O) groups excluding carboxylic acids is 1. The fourth-order valence-corrected chi connectivity index (χ4v) is 4.02. The maximum atomic E-state index is 9.93. The Labute approximate surface area is 114 Å². The third-order valence-corrected chi connectivity index (χ3v) is 5.06. The van der Waals surface area contributed by atoms with Crippen molar-refractivity contribution in [3.05, 3.63) is 0 Å². The number of nitrogens with two attached hydrogens (primary N) is 1. The minimum atomic E-state index is -2.54. The lowest BCUT2D eigenvalue weighted by Crippen LogP contribution is -2.46. The second-order valence-electron chi connectivity index (χ2n) is 3.06. The second kappa shape index (κ2) is 14.7. The summed E-state index contributed by atoms with van der Waals surface area (Å²) in [6.45, 7) is 7.93. The Hall–Kier alpha value is -0.346. The molecule has 0 atom stereocenters. The molecule has 8 heteroatoms. The van der Waals surface area contributed by atoms with E-state index in [1.807, 2.05) is 20.8 Å². The first-order valence-corrected chi connectivity index (χ1v) is 9.36. The summed E-state index contributed by atoms with van der Waals surface area (Å²) in [6.07, 6.45) is 2.24. The highest BCUT2D eigenvalue weighted by molar-refractivity contribution is 6.60. The molecule has 0 heterocycles. The van der Waals surface area contributed by atoms with Gasteiger partial charge in [0.25, 0.3) is 0 Å². The molecular weight excluding hydrogens is 268 g/mol. The summed E-state index contributed by atoms with van der Waals surface area (Å²) in [5.74, 6) is 0. The first-order chi connectivity index (χ1) is 8.74. The molecule has 0 fully saturated rings. The number of nitrogens with zero attached hydrogens (tertiary/aromatic N) is 1. The van der Waals surface area contributed by atoms with Crippen molar-refractivity contribution < 1.29 is 18.1 Å². The summed E-state index contributed by atoms with van der Waals surface area (Å²) in [4.78, 5) is 13.4. The van der Waals surface area contributed by atoms with Crippen LogP contribution in [0.5, 0.6) is 0 Å². The largest absolute Gasteiger partial charge is 0.500 e. The van der Waals surface area contributed by atoms with Gasteiger partial charge in [-0.3, -0.25) is 0 Å². The van der Waals surface area contributed by atoms with Gasteiger partial charge in [0.05, 0.1) is 16.9 Å². The average Bonchev–Trinajstić information content (AvgIpc) is 2.38. The number of isocyanates is 1. The molecule has 18 heavy (non-hydrogen) atoms. The smallest absolute Gasteiger partial charge is 0.374 e. The van der Waals surface area contributed by atoms with Crippen LogP contribution in [0.4, 0.5) is 0 Å². The molecule has 0 aliphatic carbocycles. The molecule has 0 aliphatic rings. The third-order valence-electron chi connectivity index (χ3n) is 1.91. The van der Waals surface area contributed by atoms with E-state index in [0.29, 0.717) is 32.4 Å². The van der Waals surface area contributed by atoms with Gasteiger partial charge in [0.2, 0.25) is 6.08 Å². The fourth-order valence-electron chi connectivity index (χ4n) is 1.42. The van der Waals surface area contributed by atoms with E-state index in [0.717, 1.165) is 16.8 Å². The van der Waals surface area contributed by atoms with E-state index < -0.39 is 8.80 Å². The van der Waals surface area contributed by atoms with E-state index in [4.69, 9.17) is 13.3 Å². The maximum absolute atomic E-state index is 9.93. The van der Waals surface area contributed by atoms with Crippen LogP contribution < -0.4 is 5.40 Å². The van der Waals surface area contributed by atoms with Crippen molar-refractivity contribution in [1.82, 2.24) is 0 Å². The van der Waals surface area contributed by atoms with Crippen LogP contribution in [0.2, 0.25) is 6.04 Å². The molecule has 2 N–H and O–H groups in total. The van der Waals surface area contributed by atoms with Crippen molar-refractivity contribution in [3.8, 4) is 0 Å². The minimum absolute atomic E-state index is 0.450. The molecule has 0 spiro atoms. The fraction of sp³-hybridized carbons (Fsp3) is 0.900. The number of rotatable bonds is 10. The molecule has 0 rings (SSSR count). The number of hydrogen-bond donors (Lipinski definition) is 1. The topological polar surface area (TPSA) is 83.1 Å². The third kappa shape index (κ3) is 9.66. The summed E-state index contributed by atoms with van der Waals surface area (Å²) < 4.78 is 16.9. The molecule has 0 saturated heterocycles. The quantitative estimate of drug-likeness (QED) is 0.265. The zero-order valence-electron chi connectivity index (χ0n) is 11.9. The van der Waals surface area contributed by atoms with E-state index in [2.05, 4.69) is 10.4 Å². The summed E-state index contributed by atoms with van der Waals surface area (Å²) in [5, 5.41) is 4.64. The molecule has 0 bridgehead atoms. The van der Waals surface area contributed by atoms with Gasteiger partial charge in [0, 0.05) is 25.9 Å². The molecule has 0 saturated carbocycles. The standard InChI is InChI=1S/C10H21NO4Si.H5NSi/c1-4-13-16(14-5-2,15-6-3)9-7-8-11-10-12;1-2/h4-9H2,1-3H3;1H2,2H3. The van der Waals surface area contributed by atoms with E-state index in [1.165, 1.54) is 6.08 Å². The summed E-state index contributed by atoms with van der Waals surface area (Å²) in [6, 6.07) is 0.688. The molecule has 0 aromatic carbocycles. The van der Waals surface area contributed by atoms with Crippen LogP contribution in [0.15, 0.2) is 4.99 Å². The Morgan fingerprint density at radius 3 is 1.89 bits per heavy atom. The summed E-state index contributed by atoms with van der Waals surface area (Å²) in [5.41, 5.74) is 0. The molecule has 108 valence electrons. The van der Waals surface area contributed by atoms with Crippen LogP contribution in [-0.2, 0) is 18.1 Å². The van der Waals surface area contributed by atoms with Crippen LogP contribution in [0.25, 0.3) is 0 Å². The van der Waals surface area contributed by atoms with E-state index in [-0.39, 0.29) is 0 Å². The lowest BCUT2D eigenvalue weighted by Gasteiger charge is -2.28. The van der Waals surface area contributed by atoms with Gasteiger partial charge in [0.15, 0.2) is 0 Å². The molecule has 0 aromatic heterocycles. The normalized spacial score (nSPS) is 10.4. The van der Waals surface area contributed by atoms with Gasteiger partial charge in [-0.15, -0.1) is 0 Å². The Balaban J connectivity index is 0. The monoisotopic (exact) mass is 294 g/mol. The maximum Gasteiger partial charge on any atom is 0.500 e. The highest BCUT2D eigenvalue weighted by Gasteiger charge is 2.39. The van der Waals surface area contributed by atoms with Gasteiger partial charge in [-0.25, -0.2) is 9.79 Å². The van der Waals surface area contributed by atoms with Gasteiger partial charge in [-0.05, 0) is 27.2 Å². The summed E-state index contributed by atoms with van der Waals surface area (Å²) in [7, 11) is -1.73. The molecule has 0 aromatic rings. The van der Waals surface area contributed by atoms with Gasteiger partial charge in [-0.1, -0.05) is 0 Å². The zero-order valence-corrected chi connectivity index (χ0v) is 14.9. The Bertz CT molecular complexity index is 209. The molecule has 0 aliphatic heterocycles. The van der Waals surface area contributed by atoms with Crippen LogP contribution >= 0.6 is 0 Å². The van der Waals surface area contributed by atoms with Crippen molar-refractivity contribution in [1.29, 1.82) is 0 Å². The zero-order chi connectivity index (χ0) is 14.3. The van der Waals surface area contributed by atoms with E-state index in [9.17, 15) is 4.79 Å². The Morgan fingerprint density at radius 1 is 1.11 bits per heavy atom. The number of aliphatic imine (C=N–C) groups is 1. The van der Waals surface area contributed by atoms with Crippen molar-refractivity contribution in [2.45, 2.75) is 33.2 Å². The SMILES string of the molecule is CCO[Si](CCCN=C=O)(OCC)OCC.N[SiH3]. The summed E-state index contributed by atoms with van der Waals surface area (Å²) >= 11 is 0. The van der Waals surface area contributed by atoms with Crippen molar-refractivity contribution in [2.75, 3.05) is 26.4 Å². The molecule has 0 unspecified atom stereocenters. The van der Waals surface area contributed by atoms with Crippen molar-refractivity contribution in [2.24, 2.45) is 10.4 Å². The van der Waals surface area contributed by atoms with Gasteiger partial charge in [0.1, 0.15) is 0 Å². The Kier molecular flexibility index (Phi) is 16.3. The average molecular weight is 294 g/mol. The van der Waals surface area contributed by atoms with Crippen LogP contribution in [0.1, 0.15) is 27.2 Å². The van der Waals surface area contributed by atoms with Crippen LogP contribution in [0, 0.1) is 0 Å². The van der Waals surface area contributed by atoms with Gasteiger partial charge < -0.3 is 18.7 Å². The van der Waals surface area contributed by atoms with Crippen LogP contribution in [0.3, 0.4) is 0 Å².